The maximum atomic E-state index is 13.9. The average molecular weight is 514 g/mol. The monoisotopic (exact) mass is 513 g/mol. The first-order valence-corrected chi connectivity index (χ1v) is 13.5. The number of nitrogens with one attached hydrogen (secondary N) is 1. The summed E-state index contributed by atoms with van der Waals surface area (Å²) in [6.07, 6.45) is 4.21. The lowest BCUT2D eigenvalue weighted by molar-refractivity contribution is -0.121. The van der Waals surface area contributed by atoms with Crippen LogP contribution in [0, 0.1) is 13.8 Å². The molecule has 6 nitrogen and oxygen atoms in total. The summed E-state index contributed by atoms with van der Waals surface area (Å²) >= 11 is 6.26. The van der Waals surface area contributed by atoms with Gasteiger partial charge >= 0.3 is 0 Å². The highest BCUT2D eigenvalue weighted by Crippen LogP contribution is 2.33. The van der Waals surface area contributed by atoms with Crippen LogP contribution in [-0.4, -0.2) is 36.7 Å². The molecule has 0 saturated carbocycles. The first-order chi connectivity index (χ1) is 16.7. The van der Waals surface area contributed by atoms with Crippen LogP contribution in [0.15, 0.2) is 65.8 Å². The lowest BCUT2D eigenvalue weighted by Gasteiger charge is -2.30. The van der Waals surface area contributed by atoms with Crippen molar-refractivity contribution in [3.63, 3.8) is 0 Å². The van der Waals surface area contributed by atoms with Crippen molar-refractivity contribution in [3.8, 4) is 11.1 Å². The van der Waals surface area contributed by atoms with Gasteiger partial charge in [-0.3, -0.25) is 9.78 Å². The number of benzene rings is 2. The number of halogens is 1. The highest BCUT2D eigenvalue weighted by atomic mass is 35.5. The second kappa shape index (κ2) is 11.8. The van der Waals surface area contributed by atoms with Gasteiger partial charge in [0, 0.05) is 43.0 Å². The van der Waals surface area contributed by atoms with E-state index in [0.29, 0.717) is 23.6 Å². The van der Waals surface area contributed by atoms with Gasteiger partial charge in [-0.05, 0) is 86.2 Å². The zero-order chi connectivity index (χ0) is 25.6. The zero-order valence-electron chi connectivity index (χ0n) is 20.6. The molecule has 35 heavy (non-hydrogen) atoms. The van der Waals surface area contributed by atoms with E-state index in [4.69, 9.17) is 11.6 Å². The fraction of sp³-hybridized carbons (Fsp3) is 0.333. The maximum absolute atomic E-state index is 13.9. The SMILES string of the molecule is CCNC(=O)CCCN(C(C)c1cccc(-c2ccncc2C)c1)S(=O)(=O)c1cccc(Cl)c1C. The van der Waals surface area contributed by atoms with Crippen LogP contribution in [0.2, 0.25) is 5.02 Å². The molecule has 8 heteroatoms. The number of carbonyl (C=O) groups is 1. The van der Waals surface area contributed by atoms with Crippen molar-refractivity contribution in [1.82, 2.24) is 14.6 Å². The van der Waals surface area contributed by atoms with Crippen molar-refractivity contribution in [3.05, 3.63) is 82.6 Å². The molecule has 0 saturated heterocycles. The van der Waals surface area contributed by atoms with Crippen molar-refractivity contribution in [1.29, 1.82) is 0 Å². The zero-order valence-corrected chi connectivity index (χ0v) is 22.2. The van der Waals surface area contributed by atoms with Gasteiger partial charge in [0.15, 0.2) is 0 Å². The molecular formula is C27H32ClN3O3S. The molecule has 0 aliphatic carbocycles. The van der Waals surface area contributed by atoms with Gasteiger partial charge < -0.3 is 5.32 Å². The second-order valence-corrected chi connectivity index (χ2v) is 10.8. The van der Waals surface area contributed by atoms with Gasteiger partial charge in [-0.1, -0.05) is 35.9 Å². The Balaban J connectivity index is 2.00. The standard InChI is InChI=1S/C27H32ClN3O3S/c1-5-30-27(32)13-8-16-31(35(33,34)26-12-7-11-25(28)20(26)3)21(4)22-9-6-10-23(17-22)24-14-15-29-18-19(24)2/h6-7,9-12,14-15,17-18,21H,5,8,13,16H2,1-4H3,(H,30,32). The third-order valence-corrected chi connectivity index (χ3v) is 8.62. The van der Waals surface area contributed by atoms with E-state index in [9.17, 15) is 13.2 Å². The summed E-state index contributed by atoms with van der Waals surface area (Å²) in [5, 5.41) is 3.17. The summed E-state index contributed by atoms with van der Waals surface area (Å²) in [5.41, 5.74) is 4.45. The topological polar surface area (TPSA) is 79.4 Å². The van der Waals surface area contributed by atoms with Crippen molar-refractivity contribution in [2.45, 2.75) is 51.5 Å². The molecule has 0 aliphatic rings. The predicted octanol–water partition coefficient (Wildman–Crippen LogP) is 5.69. The molecule has 186 valence electrons. The smallest absolute Gasteiger partial charge is 0.243 e. The molecule has 2 aromatic carbocycles. The summed E-state index contributed by atoms with van der Waals surface area (Å²) in [6, 6.07) is 14.3. The van der Waals surface area contributed by atoms with E-state index in [1.54, 1.807) is 31.3 Å². The molecule has 0 radical (unpaired) electrons. The molecule has 1 unspecified atom stereocenters. The van der Waals surface area contributed by atoms with E-state index in [0.717, 1.165) is 22.3 Å². The van der Waals surface area contributed by atoms with Gasteiger partial charge in [0.1, 0.15) is 0 Å². The lowest BCUT2D eigenvalue weighted by atomic mass is 9.98. The minimum absolute atomic E-state index is 0.0911. The molecule has 0 fully saturated rings. The highest BCUT2D eigenvalue weighted by molar-refractivity contribution is 7.89. The number of sulfonamides is 1. The summed E-state index contributed by atoms with van der Waals surface area (Å²) in [4.78, 5) is 16.4. The first-order valence-electron chi connectivity index (χ1n) is 11.7. The number of pyridine rings is 1. The summed E-state index contributed by atoms with van der Waals surface area (Å²) in [7, 11) is -3.89. The van der Waals surface area contributed by atoms with Gasteiger partial charge in [0.2, 0.25) is 15.9 Å². The minimum Gasteiger partial charge on any atom is -0.356 e. The molecule has 3 rings (SSSR count). The largest absolute Gasteiger partial charge is 0.356 e. The van der Waals surface area contributed by atoms with Crippen LogP contribution in [0.4, 0.5) is 0 Å². The molecule has 1 amide bonds. The van der Waals surface area contributed by atoms with Crippen molar-refractivity contribution in [2.75, 3.05) is 13.1 Å². The maximum Gasteiger partial charge on any atom is 0.243 e. The number of hydrogen-bond acceptors (Lipinski definition) is 4. The summed E-state index contributed by atoms with van der Waals surface area (Å²) in [5.74, 6) is -0.0911. The van der Waals surface area contributed by atoms with Crippen LogP contribution in [0.1, 0.15) is 49.4 Å². The highest BCUT2D eigenvalue weighted by Gasteiger charge is 2.31. The van der Waals surface area contributed by atoms with E-state index >= 15 is 0 Å². The molecule has 1 heterocycles. The van der Waals surface area contributed by atoms with E-state index in [1.807, 2.05) is 57.3 Å². The normalized spacial score (nSPS) is 12.5. The molecular weight excluding hydrogens is 482 g/mol. The Morgan fingerprint density at radius 3 is 2.60 bits per heavy atom. The molecule has 0 bridgehead atoms. The van der Waals surface area contributed by atoms with Gasteiger partial charge in [-0.25, -0.2) is 8.42 Å². The minimum atomic E-state index is -3.89. The Hall–Kier alpha value is -2.74. The molecule has 1 atom stereocenters. The van der Waals surface area contributed by atoms with E-state index < -0.39 is 16.1 Å². The Morgan fingerprint density at radius 2 is 1.89 bits per heavy atom. The van der Waals surface area contributed by atoms with E-state index in [-0.39, 0.29) is 23.8 Å². The van der Waals surface area contributed by atoms with Crippen molar-refractivity contribution >= 4 is 27.5 Å². The number of nitrogens with zero attached hydrogens (tertiary/aromatic N) is 2. The summed E-state index contributed by atoms with van der Waals surface area (Å²) < 4.78 is 29.3. The quantitative estimate of drug-likeness (QED) is 0.378. The predicted molar refractivity (Wildman–Crippen MR) is 141 cm³/mol. The molecule has 0 spiro atoms. The van der Waals surface area contributed by atoms with Gasteiger partial charge in [-0.2, -0.15) is 4.31 Å². The Morgan fingerprint density at radius 1 is 1.14 bits per heavy atom. The Kier molecular flexibility index (Phi) is 9.05. The number of aromatic nitrogens is 1. The fourth-order valence-corrected chi connectivity index (χ4v) is 6.26. The van der Waals surface area contributed by atoms with E-state index in [2.05, 4.69) is 10.3 Å². The van der Waals surface area contributed by atoms with Gasteiger partial charge in [-0.15, -0.1) is 0 Å². The Bertz CT molecular complexity index is 1290. The van der Waals surface area contributed by atoms with Crippen LogP contribution in [0.25, 0.3) is 11.1 Å². The summed E-state index contributed by atoms with van der Waals surface area (Å²) in [6.45, 7) is 8.18. The number of amides is 1. The number of aryl methyl sites for hydroxylation is 1. The molecule has 1 aromatic heterocycles. The van der Waals surface area contributed by atoms with E-state index in [1.165, 1.54) is 4.31 Å². The van der Waals surface area contributed by atoms with Crippen LogP contribution in [-0.2, 0) is 14.8 Å². The average Bonchev–Trinajstić information content (AvgIpc) is 2.83. The molecule has 1 N–H and O–H groups in total. The second-order valence-electron chi connectivity index (χ2n) is 8.53. The van der Waals surface area contributed by atoms with Gasteiger partial charge in [0.05, 0.1) is 4.90 Å². The molecule has 3 aromatic rings. The van der Waals surface area contributed by atoms with Crippen molar-refractivity contribution in [2.24, 2.45) is 0 Å². The number of rotatable bonds is 10. The lowest BCUT2D eigenvalue weighted by Crippen LogP contribution is -2.35. The van der Waals surface area contributed by atoms with Gasteiger partial charge in [0.25, 0.3) is 0 Å². The third kappa shape index (κ3) is 6.28. The third-order valence-electron chi connectivity index (χ3n) is 6.09. The van der Waals surface area contributed by atoms with Crippen LogP contribution in [0.5, 0.6) is 0 Å². The Labute approximate surface area is 213 Å². The van der Waals surface area contributed by atoms with Crippen molar-refractivity contribution < 1.29 is 13.2 Å². The number of hydrogen-bond donors (Lipinski definition) is 1. The fourth-order valence-electron chi connectivity index (χ4n) is 4.13. The number of carbonyl (C=O) groups excluding carboxylic acids is 1. The first kappa shape index (κ1) is 26.9. The van der Waals surface area contributed by atoms with Crippen LogP contribution in [0.3, 0.4) is 0 Å². The van der Waals surface area contributed by atoms with Crippen LogP contribution >= 0.6 is 11.6 Å². The molecule has 0 aliphatic heterocycles. The van der Waals surface area contributed by atoms with Crippen LogP contribution < -0.4 is 5.32 Å².